The molecular formula is C135H93N9. The minimum absolute atomic E-state index is 0.926. The fourth-order valence-corrected chi connectivity index (χ4v) is 21.2. The Morgan fingerprint density at radius 3 is 0.833 bits per heavy atom. The summed E-state index contributed by atoms with van der Waals surface area (Å²) in [4.78, 5) is 29.5. The van der Waals surface area contributed by atoms with Gasteiger partial charge in [-0.3, -0.25) is 28.2 Å². The molecule has 27 aromatic rings. The number of imidazole rings is 3. The van der Waals surface area contributed by atoms with Gasteiger partial charge in [0, 0.05) is 92.6 Å². The number of rotatable bonds is 15. The van der Waals surface area contributed by atoms with E-state index in [2.05, 4.69) is 499 Å². The Bertz CT molecular complexity index is 9630. The van der Waals surface area contributed by atoms with Crippen molar-refractivity contribution in [1.82, 2.24) is 43.1 Å². The van der Waals surface area contributed by atoms with Crippen molar-refractivity contribution in [3.05, 3.63) is 527 Å². The zero-order chi connectivity index (χ0) is 96.1. The second kappa shape index (κ2) is 37.4. The molecule has 0 N–H and O–H groups in total. The van der Waals surface area contributed by atoms with Crippen LogP contribution in [-0.4, -0.2) is 43.1 Å². The Kier molecular flexibility index (Phi) is 22.5. The smallest absolute Gasteiger partial charge is 0.137 e. The van der Waals surface area contributed by atoms with Gasteiger partial charge in [0.05, 0.1) is 39.9 Å². The number of pyridine rings is 6. The number of aromatic nitrogens is 9. The predicted molar refractivity (Wildman–Crippen MR) is 600 cm³/mol. The Balaban J connectivity index is 0.000000113. The van der Waals surface area contributed by atoms with Crippen LogP contribution in [-0.2, 0) is 0 Å². The highest BCUT2D eigenvalue weighted by atomic mass is 15.0. The molecule has 678 valence electrons. The van der Waals surface area contributed by atoms with E-state index in [-0.39, 0.29) is 0 Å². The van der Waals surface area contributed by atoms with E-state index >= 15 is 0 Å². The molecule has 0 spiro atoms. The highest BCUT2D eigenvalue weighted by Crippen LogP contribution is 2.47. The molecule has 18 aromatic carbocycles. The zero-order valence-corrected chi connectivity index (χ0v) is 79.5. The second-order valence-electron chi connectivity index (χ2n) is 37.0. The monoisotopic (exact) mass is 1840 g/mol. The molecule has 0 aliphatic carbocycles. The summed E-state index contributed by atoms with van der Waals surface area (Å²) < 4.78 is 6.56. The van der Waals surface area contributed by atoms with Crippen LogP contribution in [0.4, 0.5) is 0 Å². The Labute approximate surface area is 834 Å². The van der Waals surface area contributed by atoms with E-state index in [9.17, 15) is 0 Å². The van der Waals surface area contributed by atoms with Gasteiger partial charge in [-0.1, -0.05) is 322 Å². The molecule has 0 bridgehead atoms. The summed E-state index contributed by atoms with van der Waals surface area (Å²) in [5.74, 6) is 0. The largest absolute Gasteiger partial charge is 0.299 e. The van der Waals surface area contributed by atoms with Gasteiger partial charge in [-0.2, -0.15) is 0 Å². The summed E-state index contributed by atoms with van der Waals surface area (Å²) in [6.07, 6.45) is 10.0. The average molecular weight is 1840 g/mol. The van der Waals surface area contributed by atoms with Crippen molar-refractivity contribution in [2.45, 2.75) is 20.8 Å². The van der Waals surface area contributed by atoms with Gasteiger partial charge in [-0.05, 0) is 327 Å². The molecule has 0 atom stereocenters. The third-order valence-electron chi connectivity index (χ3n) is 27.9. The first-order valence-electron chi connectivity index (χ1n) is 49.0. The highest BCUT2D eigenvalue weighted by molar-refractivity contribution is 6.17. The lowest BCUT2D eigenvalue weighted by Gasteiger charge is -2.16. The summed E-state index contributed by atoms with van der Waals surface area (Å²) in [5.41, 5.74) is 39.3. The quantitative estimate of drug-likeness (QED) is 0.0950. The number of benzene rings is 18. The molecule has 9 heterocycles. The lowest BCUT2D eigenvalue weighted by molar-refractivity contribution is 1.13. The Hall–Kier alpha value is -19.0. The molecule has 0 amide bonds. The first-order valence-corrected chi connectivity index (χ1v) is 49.0. The van der Waals surface area contributed by atoms with Crippen LogP contribution in [0.3, 0.4) is 0 Å². The molecule has 0 aliphatic heterocycles. The summed E-state index contributed by atoms with van der Waals surface area (Å²) in [5, 5.41) is 15.0. The lowest BCUT2D eigenvalue weighted by Crippen LogP contribution is -1.93. The summed E-state index contributed by atoms with van der Waals surface area (Å²) >= 11 is 0. The van der Waals surface area contributed by atoms with Crippen LogP contribution in [0.1, 0.15) is 17.1 Å². The molecule has 0 aliphatic rings. The molecule has 9 aromatic heterocycles. The number of hydrogen-bond donors (Lipinski definition) is 0. The molecule has 27 rings (SSSR count). The van der Waals surface area contributed by atoms with Gasteiger partial charge in [-0.25, -0.2) is 15.0 Å². The first kappa shape index (κ1) is 86.6. The van der Waals surface area contributed by atoms with E-state index in [1.54, 1.807) is 0 Å². The molecule has 144 heavy (non-hydrogen) atoms. The van der Waals surface area contributed by atoms with Crippen molar-refractivity contribution in [3.63, 3.8) is 0 Å². The lowest BCUT2D eigenvalue weighted by atomic mass is 9.88. The van der Waals surface area contributed by atoms with Gasteiger partial charge in [0.15, 0.2) is 0 Å². The second-order valence-corrected chi connectivity index (χ2v) is 37.0. The predicted octanol–water partition coefficient (Wildman–Crippen LogP) is 35.0. The average Bonchev–Trinajstić information content (AvgIpc) is 1.20. The van der Waals surface area contributed by atoms with Gasteiger partial charge in [0.25, 0.3) is 0 Å². The molecule has 0 saturated carbocycles. The van der Waals surface area contributed by atoms with E-state index < -0.39 is 0 Å². The zero-order valence-electron chi connectivity index (χ0n) is 79.5. The maximum atomic E-state index is 5.16. The normalized spacial score (nSPS) is 11.4. The molecule has 9 nitrogen and oxygen atoms in total. The fourth-order valence-electron chi connectivity index (χ4n) is 21.2. The van der Waals surface area contributed by atoms with Gasteiger partial charge in [0.2, 0.25) is 0 Å². The van der Waals surface area contributed by atoms with Gasteiger partial charge in [0.1, 0.15) is 16.9 Å². The maximum absolute atomic E-state index is 5.16. The number of hydrogen-bond acceptors (Lipinski definition) is 6. The van der Waals surface area contributed by atoms with Crippen molar-refractivity contribution in [3.8, 4) is 168 Å². The summed E-state index contributed by atoms with van der Waals surface area (Å²) in [6.45, 7) is 6.21. The number of fused-ring (bicyclic) bond motifs is 12. The minimum atomic E-state index is 0.926. The maximum Gasteiger partial charge on any atom is 0.137 e. The van der Waals surface area contributed by atoms with E-state index in [4.69, 9.17) is 24.9 Å². The molecule has 0 unspecified atom stereocenters. The Morgan fingerprint density at radius 2 is 0.451 bits per heavy atom. The topological polar surface area (TPSA) is 90.6 Å². The third kappa shape index (κ3) is 16.5. The van der Waals surface area contributed by atoms with Crippen molar-refractivity contribution in [1.29, 1.82) is 0 Å². The van der Waals surface area contributed by atoms with E-state index in [1.165, 1.54) is 92.5 Å². The molecular weight excluding hydrogens is 1750 g/mol. The highest BCUT2D eigenvalue weighted by Gasteiger charge is 2.25. The van der Waals surface area contributed by atoms with Crippen molar-refractivity contribution < 1.29 is 0 Å². The van der Waals surface area contributed by atoms with Crippen LogP contribution in [0.2, 0.25) is 0 Å². The van der Waals surface area contributed by atoms with Crippen LogP contribution < -0.4 is 0 Å². The van der Waals surface area contributed by atoms with Crippen LogP contribution in [0.25, 0.3) is 249 Å². The fraction of sp³-hybridized carbons (Fsp3) is 0.0222. The van der Waals surface area contributed by atoms with E-state index in [1.807, 2.05) is 50.5 Å². The number of aryl methyl sites for hydroxylation is 3. The third-order valence-corrected chi connectivity index (χ3v) is 27.9. The molecule has 0 fully saturated rings. The van der Waals surface area contributed by atoms with E-state index in [0.717, 1.165) is 174 Å². The SMILES string of the molecule is Cc1ccc(-c2cc(-c3cccc(-c4nc5ccccn5c4-c4ccccc4)c3)cc(-c3cc4ccccc4c4ccccc34)c2)c(C)n1.Cc1cccc(-c2cc(-c3cccc(-c4nc5ccccn5c4-c4ccccc4)c3)cc(-c3cc4ccccc4c4ccccc34)c2)n1.c1ccc(-c2c(-c3cccc(-c4cc(-c5ccncc5)cc(-c5cc6ccccc6c6ccccc56)c4)c3)nc3ccccn23)cc1. The molecule has 9 heteroatoms. The van der Waals surface area contributed by atoms with Crippen molar-refractivity contribution in [2.24, 2.45) is 0 Å². The minimum Gasteiger partial charge on any atom is -0.299 e. The van der Waals surface area contributed by atoms with Crippen LogP contribution in [0.5, 0.6) is 0 Å². The first-order chi connectivity index (χ1) is 71.1. The summed E-state index contributed by atoms with van der Waals surface area (Å²) in [7, 11) is 0. The van der Waals surface area contributed by atoms with E-state index in [0.29, 0.717) is 0 Å². The van der Waals surface area contributed by atoms with Gasteiger partial charge < -0.3 is 0 Å². The Morgan fingerprint density at radius 1 is 0.167 bits per heavy atom. The van der Waals surface area contributed by atoms with Gasteiger partial charge in [-0.15, -0.1) is 0 Å². The van der Waals surface area contributed by atoms with Crippen LogP contribution >= 0.6 is 0 Å². The van der Waals surface area contributed by atoms with Crippen molar-refractivity contribution in [2.75, 3.05) is 0 Å². The summed E-state index contributed by atoms with van der Waals surface area (Å²) in [6, 6.07) is 171. The standard InChI is InChI=1S/C46H33N3.C45H31N3.C44H29N3/c1-30-22-23-39(31(2)47-30)37-26-36(27-38(28-37)43-29-34-15-6-7-18-40(34)41-19-8-9-20-42(41)43)33-16-12-17-35(25-33)45-46(32-13-4-3-5-14-32)49-24-11-10-21-44(49)48-45;1-30-13-11-22-42(46-30)37-27-35(26-36(28-37)41-29-33-16-5-6-19-38(33)39-20-7-8-21-40(39)41)32-17-12-18-34(25-32)44-45(31-14-3-2-4-15-31)48-24-10-9-23-43(48)47-44;1-2-11-31(12-3-1)44-43(46-42-19-8-9-24-47(42)44)34-15-10-14-32(25-34)36-26-35(30-20-22-45-23-21-30)27-37(28-36)41-29-33-13-4-5-16-38(33)39-17-6-7-18-40(39)41/h3-29H,1-2H3;2-29H,1H3;1-29H. The van der Waals surface area contributed by atoms with Crippen molar-refractivity contribution >= 4 is 81.6 Å². The molecule has 0 saturated heterocycles. The number of nitrogens with zero attached hydrogens (tertiary/aromatic N) is 9. The van der Waals surface area contributed by atoms with Gasteiger partial charge >= 0.3 is 0 Å². The van der Waals surface area contributed by atoms with Crippen LogP contribution in [0.15, 0.2) is 510 Å². The molecule has 0 radical (unpaired) electrons. The van der Waals surface area contributed by atoms with Crippen LogP contribution in [0, 0.1) is 20.8 Å².